The molecule has 0 saturated heterocycles. The van der Waals surface area contributed by atoms with Gasteiger partial charge < -0.3 is 20.1 Å². The van der Waals surface area contributed by atoms with Crippen molar-refractivity contribution in [3.05, 3.63) is 29.1 Å². The normalized spacial score (nSPS) is 17.7. The third kappa shape index (κ3) is 4.74. The summed E-state index contributed by atoms with van der Waals surface area (Å²) in [5.74, 6) is 0. The van der Waals surface area contributed by atoms with Gasteiger partial charge in [0.2, 0.25) is 0 Å². The van der Waals surface area contributed by atoms with E-state index in [2.05, 4.69) is 10.3 Å². The number of fused-ring (bicyclic) bond motifs is 1. The lowest BCUT2D eigenvalue weighted by Gasteiger charge is -2.33. The van der Waals surface area contributed by atoms with Crippen LogP contribution in [-0.2, 0) is 17.5 Å². The lowest BCUT2D eigenvalue weighted by molar-refractivity contribution is -0.137. The number of amides is 2. The van der Waals surface area contributed by atoms with Gasteiger partial charge in [0.15, 0.2) is 0 Å². The highest BCUT2D eigenvalue weighted by Crippen LogP contribution is 2.33. The quantitative estimate of drug-likeness (QED) is 0.802. The number of halogens is 3. The van der Waals surface area contributed by atoms with Crippen molar-refractivity contribution in [2.75, 3.05) is 6.54 Å². The van der Waals surface area contributed by atoms with E-state index < -0.39 is 35.6 Å². The monoisotopic (exact) mass is 361 g/mol. The fourth-order valence-electron chi connectivity index (χ4n) is 2.40. The number of pyridine rings is 1. The number of aromatic nitrogens is 1. The second-order valence-corrected chi connectivity index (χ2v) is 6.63. The highest BCUT2D eigenvalue weighted by atomic mass is 19.4. The molecule has 0 bridgehead atoms. The number of alkyl halides is 3. The molecule has 0 aromatic carbocycles. The van der Waals surface area contributed by atoms with Crippen LogP contribution in [0.2, 0.25) is 0 Å². The molecule has 0 saturated carbocycles. The fourth-order valence-corrected chi connectivity index (χ4v) is 2.40. The van der Waals surface area contributed by atoms with Gasteiger partial charge in [0.05, 0.1) is 30.4 Å². The third-order valence-corrected chi connectivity index (χ3v) is 3.38. The first-order valence-corrected chi connectivity index (χ1v) is 7.40. The van der Waals surface area contributed by atoms with E-state index in [1.54, 1.807) is 20.8 Å². The van der Waals surface area contributed by atoms with E-state index in [4.69, 9.17) is 4.74 Å². The van der Waals surface area contributed by atoms with E-state index in [-0.39, 0.29) is 24.3 Å². The molecule has 1 atom stereocenters. The molecular weight excluding hydrogens is 343 g/mol. The van der Waals surface area contributed by atoms with Gasteiger partial charge in [-0.3, -0.25) is 4.98 Å². The van der Waals surface area contributed by atoms with E-state index in [0.717, 1.165) is 11.0 Å². The second-order valence-electron chi connectivity index (χ2n) is 6.63. The van der Waals surface area contributed by atoms with Gasteiger partial charge >= 0.3 is 18.4 Å². The average Bonchev–Trinajstić information content (AvgIpc) is 2.43. The first-order chi connectivity index (χ1) is 11.4. The smallest absolute Gasteiger partial charge is 0.417 e. The Labute approximate surface area is 141 Å². The number of carboxylic acid groups (broad SMARTS) is 1. The van der Waals surface area contributed by atoms with Gasteiger partial charge in [-0.1, -0.05) is 0 Å². The zero-order chi connectivity index (χ0) is 19.0. The lowest BCUT2D eigenvalue weighted by atomic mass is 10.00. The number of nitrogens with one attached hydrogen (secondary N) is 1. The van der Waals surface area contributed by atoms with Gasteiger partial charge in [-0.15, -0.1) is 0 Å². The van der Waals surface area contributed by atoms with Crippen LogP contribution in [0.3, 0.4) is 0 Å². The fraction of sp³-hybridized carbons (Fsp3) is 0.533. The molecule has 1 aliphatic rings. The van der Waals surface area contributed by atoms with E-state index in [9.17, 15) is 27.9 Å². The number of hydrogen-bond acceptors (Lipinski definition) is 4. The molecule has 0 radical (unpaired) electrons. The van der Waals surface area contributed by atoms with Crippen LogP contribution in [-0.4, -0.2) is 39.3 Å². The highest BCUT2D eigenvalue weighted by molar-refractivity contribution is 5.69. The second kappa shape index (κ2) is 6.41. The molecule has 25 heavy (non-hydrogen) atoms. The molecule has 2 heterocycles. The summed E-state index contributed by atoms with van der Waals surface area (Å²) in [6.45, 7) is 4.57. The Balaban J connectivity index is 2.32. The standard InChI is InChI=1S/C15H18F3N3O4/c1-14(2,3)25-12(22)20-10-7-21(13(23)24)6-8-4-9(15(16,17)18)5-19-11(8)10/h4-5,10H,6-7H2,1-3H3,(H,20,22)(H,23,24). The van der Waals surface area contributed by atoms with E-state index in [1.165, 1.54) is 0 Å². The van der Waals surface area contributed by atoms with E-state index >= 15 is 0 Å². The molecule has 2 N–H and O–H groups in total. The summed E-state index contributed by atoms with van der Waals surface area (Å²) >= 11 is 0. The van der Waals surface area contributed by atoms with Crippen molar-refractivity contribution in [3.8, 4) is 0 Å². The van der Waals surface area contributed by atoms with Crippen LogP contribution < -0.4 is 5.32 Å². The van der Waals surface area contributed by atoms with Crippen molar-refractivity contribution in [1.82, 2.24) is 15.2 Å². The number of ether oxygens (including phenoxy) is 1. The average molecular weight is 361 g/mol. The predicted molar refractivity (Wildman–Crippen MR) is 79.8 cm³/mol. The van der Waals surface area contributed by atoms with Crippen LogP contribution in [0.1, 0.15) is 43.6 Å². The number of nitrogens with zero attached hydrogens (tertiary/aromatic N) is 2. The molecule has 1 aromatic rings. The molecule has 10 heteroatoms. The molecule has 2 rings (SSSR count). The van der Waals surface area contributed by atoms with Gasteiger partial charge in [0, 0.05) is 6.20 Å². The largest absolute Gasteiger partial charge is 0.465 e. The minimum absolute atomic E-state index is 0.0875. The molecule has 0 fully saturated rings. The summed E-state index contributed by atoms with van der Waals surface area (Å²) < 4.78 is 43.6. The van der Waals surface area contributed by atoms with Crippen LogP contribution in [0, 0.1) is 0 Å². The first-order valence-electron chi connectivity index (χ1n) is 7.40. The summed E-state index contributed by atoms with van der Waals surface area (Å²) in [5.41, 5.74) is -1.47. The molecule has 0 aliphatic carbocycles. The van der Waals surface area contributed by atoms with Gasteiger partial charge in [0.1, 0.15) is 5.60 Å². The van der Waals surface area contributed by atoms with Crippen LogP contribution in [0.4, 0.5) is 22.8 Å². The summed E-state index contributed by atoms with van der Waals surface area (Å²) in [5, 5.41) is 11.6. The first kappa shape index (κ1) is 18.8. The van der Waals surface area contributed by atoms with Gasteiger partial charge in [-0.25, -0.2) is 9.59 Å². The van der Waals surface area contributed by atoms with Crippen LogP contribution in [0.25, 0.3) is 0 Å². The molecule has 1 unspecified atom stereocenters. The maximum absolute atomic E-state index is 12.8. The van der Waals surface area contributed by atoms with Crippen molar-refractivity contribution in [3.63, 3.8) is 0 Å². The number of rotatable bonds is 1. The predicted octanol–water partition coefficient (Wildman–Crippen LogP) is 3.16. The Morgan fingerprint density at radius 2 is 2.00 bits per heavy atom. The lowest BCUT2D eigenvalue weighted by Crippen LogP contribution is -2.45. The molecule has 2 amide bonds. The van der Waals surface area contributed by atoms with E-state index in [1.807, 2.05) is 0 Å². The molecule has 0 spiro atoms. The highest BCUT2D eigenvalue weighted by Gasteiger charge is 2.36. The van der Waals surface area contributed by atoms with Crippen LogP contribution in [0.5, 0.6) is 0 Å². The Kier molecular flexibility index (Phi) is 4.83. The summed E-state index contributed by atoms with van der Waals surface area (Å²) in [6.07, 6.45) is -6.04. The number of carbonyl (C=O) groups is 2. The minimum atomic E-state index is -4.60. The molecule has 7 nitrogen and oxygen atoms in total. The third-order valence-electron chi connectivity index (χ3n) is 3.38. The Hall–Kier alpha value is -2.52. The van der Waals surface area contributed by atoms with Crippen molar-refractivity contribution >= 4 is 12.2 Å². The summed E-state index contributed by atoms with van der Waals surface area (Å²) in [6, 6.07) is -0.0572. The van der Waals surface area contributed by atoms with E-state index in [0.29, 0.717) is 6.20 Å². The van der Waals surface area contributed by atoms with Crippen molar-refractivity contribution < 1.29 is 32.6 Å². The SMILES string of the molecule is CC(C)(C)OC(=O)NC1CN(C(=O)O)Cc2cc(C(F)(F)F)cnc21. The maximum atomic E-state index is 12.8. The Bertz CT molecular complexity index is 686. The summed E-state index contributed by atoms with van der Waals surface area (Å²) in [7, 11) is 0. The van der Waals surface area contributed by atoms with Crippen LogP contribution in [0.15, 0.2) is 12.3 Å². The van der Waals surface area contributed by atoms with Crippen molar-refractivity contribution in [1.29, 1.82) is 0 Å². The summed E-state index contributed by atoms with van der Waals surface area (Å²) in [4.78, 5) is 27.9. The molecule has 1 aromatic heterocycles. The Morgan fingerprint density at radius 1 is 1.36 bits per heavy atom. The maximum Gasteiger partial charge on any atom is 0.417 e. The van der Waals surface area contributed by atoms with Gasteiger partial charge in [-0.05, 0) is 32.4 Å². The Morgan fingerprint density at radius 3 is 2.52 bits per heavy atom. The minimum Gasteiger partial charge on any atom is -0.465 e. The van der Waals surface area contributed by atoms with Gasteiger partial charge in [-0.2, -0.15) is 13.2 Å². The molecule has 1 aliphatic heterocycles. The number of hydrogen-bond donors (Lipinski definition) is 2. The van der Waals surface area contributed by atoms with Crippen molar-refractivity contribution in [2.24, 2.45) is 0 Å². The van der Waals surface area contributed by atoms with Crippen LogP contribution >= 0.6 is 0 Å². The zero-order valence-electron chi connectivity index (χ0n) is 13.8. The molecular formula is C15H18F3N3O4. The zero-order valence-corrected chi connectivity index (χ0v) is 13.8. The topological polar surface area (TPSA) is 91.8 Å². The molecule has 138 valence electrons. The number of alkyl carbamates (subject to hydrolysis) is 1. The number of carbonyl (C=O) groups excluding carboxylic acids is 1. The van der Waals surface area contributed by atoms with Crippen molar-refractivity contribution in [2.45, 2.75) is 45.1 Å². The van der Waals surface area contributed by atoms with Gasteiger partial charge in [0.25, 0.3) is 0 Å².